The van der Waals surface area contributed by atoms with Crippen LogP contribution >= 0.6 is 0 Å². The number of nitrogens with zero attached hydrogens (tertiary/aromatic N) is 3. The molecule has 56 heavy (non-hydrogen) atoms. The molecule has 5 unspecified atom stereocenters. The summed E-state index contributed by atoms with van der Waals surface area (Å²) < 4.78 is 17.4. The number of piperidine rings is 1. The average molecular weight is 769 g/mol. The predicted molar refractivity (Wildman–Crippen MR) is 211 cm³/mol. The second kappa shape index (κ2) is 13.0. The van der Waals surface area contributed by atoms with Crippen molar-refractivity contribution in [1.29, 1.82) is 0 Å². The molecule has 0 radical (unpaired) electrons. The molecule has 0 amide bonds. The summed E-state index contributed by atoms with van der Waals surface area (Å²) in [5.74, 6) is -2.10. The zero-order chi connectivity index (χ0) is 39.5. The minimum absolute atomic E-state index is 0.179. The molecular formula is C44H56N4O8. The third-order valence-corrected chi connectivity index (χ3v) is 15.3. The number of esters is 2. The molecule has 3 aromatic rings. The number of hydrogen-bond donors (Lipinski definition) is 4. The van der Waals surface area contributed by atoms with Gasteiger partial charge in [-0.25, -0.2) is 4.79 Å². The fraction of sp³-hybridized carbons (Fsp3) is 0.591. The first-order chi connectivity index (χ1) is 26.9. The van der Waals surface area contributed by atoms with Crippen LogP contribution in [0.5, 0.6) is 5.75 Å². The number of benzene rings is 2. The van der Waals surface area contributed by atoms with Gasteiger partial charge in [0.15, 0.2) is 0 Å². The van der Waals surface area contributed by atoms with Crippen molar-refractivity contribution in [3.8, 4) is 5.75 Å². The number of fused-ring (bicyclic) bond motifs is 6. The summed E-state index contributed by atoms with van der Waals surface area (Å²) in [7, 11) is 6.22. The summed E-state index contributed by atoms with van der Waals surface area (Å²) in [5.41, 5.74) is 0.416. The van der Waals surface area contributed by atoms with Gasteiger partial charge in [-0.05, 0) is 73.4 Å². The smallest absolute Gasteiger partial charge is 0.342 e. The highest BCUT2D eigenvalue weighted by molar-refractivity contribution is 5.90. The number of aromatic amines is 1. The molecule has 4 N–H and O–H groups in total. The van der Waals surface area contributed by atoms with E-state index in [4.69, 9.17) is 14.2 Å². The average Bonchev–Trinajstić information content (AvgIpc) is 3.87. The Bertz CT molecular complexity index is 2120. The lowest BCUT2D eigenvalue weighted by Crippen LogP contribution is -2.80. The van der Waals surface area contributed by atoms with Crippen molar-refractivity contribution in [3.05, 3.63) is 70.9 Å². The molecule has 300 valence electrons. The number of methoxy groups -OCH3 is 3. The van der Waals surface area contributed by atoms with E-state index in [1.807, 2.05) is 56.1 Å². The number of aliphatic hydroxyl groups excluding tert-OH is 1. The summed E-state index contributed by atoms with van der Waals surface area (Å²) in [6.07, 6.45) is 5.51. The Kier molecular flexibility index (Phi) is 8.76. The van der Waals surface area contributed by atoms with Gasteiger partial charge in [0.1, 0.15) is 17.8 Å². The third kappa shape index (κ3) is 4.76. The van der Waals surface area contributed by atoms with Crippen molar-refractivity contribution in [3.63, 3.8) is 0 Å². The zero-order valence-electron chi connectivity index (χ0n) is 33.4. The lowest BCUT2D eigenvalue weighted by atomic mass is 9.47. The summed E-state index contributed by atoms with van der Waals surface area (Å²) in [5, 5.41) is 38.5. The van der Waals surface area contributed by atoms with E-state index >= 15 is 0 Å². The highest BCUT2D eigenvalue weighted by Gasteiger charge is 2.79. The van der Waals surface area contributed by atoms with Gasteiger partial charge < -0.3 is 39.4 Å². The number of aromatic nitrogens is 1. The van der Waals surface area contributed by atoms with Gasteiger partial charge in [-0.2, -0.15) is 0 Å². The SMILES string of the molecule is CCC1(O)CC2C[N@](CCc3c([nH]c4ccccc34)[C@H](C(=O)OC)C2c2cc3c(cc2OC)N(C)C2[C@]34CCN3CC=C[C@](CC)(C34)[C@@H](O)[C@]2(O)C(=O)OC)C1. The Labute approximate surface area is 328 Å². The predicted octanol–water partition coefficient (Wildman–Crippen LogP) is 3.61. The quantitative estimate of drug-likeness (QED) is 0.216. The zero-order valence-corrected chi connectivity index (χ0v) is 33.4. The summed E-state index contributed by atoms with van der Waals surface area (Å²) in [4.78, 5) is 39.0. The van der Waals surface area contributed by atoms with Crippen molar-refractivity contribution in [1.82, 2.24) is 14.8 Å². The normalized spacial score (nSPS) is 38.4. The molecule has 12 nitrogen and oxygen atoms in total. The van der Waals surface area contributed by atoms with Crippen molar-refractivity contribution in [2.24, 2.45) is 11.3 Å². The van der Waals surface area contributed by atoms with Gasteiger partial charge in [-0.15, -0.1) is 0 Å². The van der Waals surface area contributed by atoms with E-state index in [0.29, 0.717) is 64.0 Å². The van der Waals surface area contributed by atoms with Crippen molar-refractivity contribution in [2.45, 2.75) is 92.6 Å². The Balaban J connectivity index is 1.33. The molecule has 1 aromatic heterocycles. The first-order valence-corrected chi connectivity index (χ1v) is 20.3. The Hall–Kier alpha value is -3.94. The van der Waals surface area contributed by atoms with Crippen molar-refractivity contribution < 1.29 is 39.1 Å². The maximum absolute atomic E-state index is 14.6. The Morgan fingerprint density at radius 3 is 2.52 bits per heavy atom. The number of hydrogen-bond acceptors (Lipinski definition) is 11. The molecule has 2 saturated heterocycles. The molecule has 9 rings (SSSR count). The Morgan fingerprint density at radius 2 is 1.80 bits per heavy atom. The molecule has 1 saturated carbocycles. The van der Waals surface area contributed by atoms with Gasteiger partial charge in [0.05, 0.1) is 33.0 Å². The molecule has 5 aliphatic heterocycles. The Morgan fingerprint density at radius 1 is 1.02 bits per heavy atom. The number of aliphatic hydroxyl groups is 3. The van der Waals surface area contributed by atoms with Gasteiger partial charge in [0, 0.05) is 84.4 Å². The minimum atomic E-state index is -2.27. The van der Waals surface area contributed by atoms with Crippen LogP contribution in [0.2, 0.25) is 0 Å². The topological polar surface area (TPSA) is 148 Å². The van der Waals surface area contributed by atoms with Crippen LogP contribution in [-0.2, 0) is 30.9 Å². The van der Waals surface area contributed by atoms with Crippen LogP contribution in [-0.4, -0.2) is 133 Å². The second-order valence-electron chi connectivity index (χ2n) is 17.5. The lowest BCUT2D eigenvalue weighted by molar-refractivity contribution is -0.218. The molecule has 6 heterocycles. The molecule has 6 aliphatic rings. The summed E-state index contributed by atoms with van der Waals surface area (Å²) in [6, 6.07) is 11.2. The standard InChI is InChI=1S/C44H56N4O8/c1-7-41(52)22-25-23-47(24-41)18-14-27-26-12-9-10-13-30(26)45-35(27)34(36(49)55-5)33(25)28-20-29-31(21-32(28)54-4)46(3)38-43(29)16-19-48-17-11-15-42(8-2,37(43)48)39(50)44(38,53)40(51)56-6/h9-13,15,20-21,25,33-34,37-39,45,50,52-53H,7-8,14,16-19,22-24H2,1-6H3/t25?,33?,34-,37?,38?,39-,41?,42-,43-,44+/m1/s1. The van der Waals surface area contributed by atoms with Crippen LogP contribution in [0, 0.1) is 11.3 Å². The first-order valence-electron chi connectivity index (χ1n) is 20.3. The number of carbonyl (C=O) groups is 2. The molecular weight excluding hydrogens is 713 g/mol. The number of likely N-dealkylation sites (N-methyl/N-ethyl adjacent to an activating group) is 1. The van der Waals surface area contributed by atoms with Gasteiger partial charge in [0.2, 0.25) is 5.60 Å². The van der Waals surface area contributed by atoms with Crippen LogP contribution < -0.4 is 9.64 Å². The van der Waals surface area contributed by atoms with E-state index in [1.54, 1.807) is 7.11 Å². The molecule has 2 aromatic carbocycles. The number of para-hydroxylation sites is 1. The fourth-order valence-electron chi connectivity index (χ4n) is 13.1. The van der Waals surface area contributed by atoms with Crippen molar-refractivity contribution >= 4 is 28.5 Å². The largest absolute Gasteiger partial charge is 0.496 e. The molecule has 1 spiro atoms. The number of rotatable bonds is 6. The van der Waals surface area contributed by atoms with E-state index in [-0.39, 0.29) is 17.9 Å². The van der Waals surface area contributed by atoms with Crippen LogP contribution in [0.25, 0.3) is 10.9 Å². The summed E-state index contributed by atoms with van der Waals surface area (Å²) in [6.45, 7) is 7.38. The number of carbonyl (C=O) groups excluding carboxylic acids is 2. The second-order valence-corrected chi connectivity index (χ2v) is 17.5. The van der Waals surface area contributed by atoms with E-state index < -0.39 is 52.0 Å². The van der Waals surface area contributed by atoms with Gasteiger partial charge in [-0.3, -0.25) is 14.6 Å². The molecule has 12 heteroatoms. The highest BCUT2D eigenvalue weighted by Crippen LogP contribution is 2.67. The van der Waals surface area contributed by atoms with Crippen LogP contribution in [0.3, 0.4) is 0 Å². The monoisotopic (exact) mass is 768 g/mol. The maximum Gasteiger partial charge on any atom is 0.342 e. The van der Waals surface area contributed by atoms with E-state index in [9.17, 15) is 24.9 Å². The molecule has 11 atom stereocenters. The van der Waals surface area contributed by atoms with E-state index in [2.05, 4.69) is 33.0 Å². The van der Waals surface area contributed by atoms with Gasteiger partial charge in [-0.1, -0.05) is 44.2 Å². The van der Waals surface area contributed by atoms with E-state index in [0.717, 1.165) is 45.5 Å². The highest BCUT2D eigenvalue weighted by atomic mass is 16.5. The lowest BCUT2D eigenvalue weighted by Gasteiger charge is -2.63. The number of H-pyrrole nitrogens is 1. The first kappa shape index (κ1) is 37.6. The molecule has 2 bridgehead atoms. The third-order valence-electron chi connectivity index (χ3n) is 15.3. The number of anilines is 1. The van der Waals surface area contributed by atoms with Crippen molar-refractivity contribution in [2.75, 3.05) is 66.0 Å². The molecule has 1 aliphatic carbocycles. The van der Waals surface area contributed by atoms with Gasteiger partial charge in [0.25, 0.3) is 0 Å². The minimum Gasteiger partial charge on any atom is -0.496 e. The van der Waals surface area contributed by atoms with Crippen LogP contribution in [0.4, 0.5) is 5.69 Å². The van der Waals surface area contributed by atoms with Gasteiger partial charge >= 0.3 is 11.9 Å². The number of nitrogens with one attached hydrogen (secondary N) is 1. The molecule has 3 fully saturated rings. The fourth-order valence-corrected chi connectivity index (χ4v) is 13.1. The van der Waals surface area contributed by atoms with Crippen LogP contribution in [0.15, 0.2) is 48.6 Å². The van der Waals surface area contributed by atoms with Crippen LogP contribution in [0.1, 0.15) is 73.8 Å². The maximum atomic E-state index is 14.6. The van der Waals surface area contributed by atoms with E-state index in [1.165, 1.54) is 14.2 Å². The summed E-state index contributed by atoms with van der Waals surface area (Å²) >= 11 is 0. The number of ether oxygens (including phenoxy) is 3.